The fourth-order valence-electron chi connectivity index (χ4n) is 4.79. The van der Waals surface area contributed by atoms with Crippen LogP contribution in [-0.4, -0.2) is 30.5 Å². The van der Waals surface area contributed by atoms with Gasteiger partial charge in [0.2, 0.25) is 0 Å². The molecule has 4 aromatic heterocycles. The average molecular weight is 500 g/mol. The van der Waals surface area contributed by atoms with Crippen molar-refractivity contribution >= 4 is 28.3 Å². The highest BCUT2D eigenvalue weighted by molar-refractivity contribution is 6.04. The molecule has 6 aromatic rings. The molecule has 0 aliphatic carbocycles. The highest BCUT2D eigenvalue weighted by Crippen LogP contribution is 2.34. The first kappa shape index (κ1) is 23.3. The fraction of sp³-hybridized carbons (Fsp3) is 0.100. The predicted octanol–water partition coefficient (Wildman–Crippen LogP) is 5.39. The number of hydrogen-bond acceptors (Lipinski definition) is 6. The zero-order valence-corrected chi connectivity index (χ0v) is 21.0. The number of aromatic nitrogens is 5. The molecule has 0 bridgehead atoms. The molecule has 1 atom stereocenters. The second-order valence-corrected chi connectivity index (χ2v) is 9.20. The van der Waals surface area contributed by atoms with Gasteiger partial charge >= 0.3 is 0 Å². The molecule has 0 saturated heterocycles. The number of nitrogens with one attached hydrogen (secondary N) is 1. The number of rotatable bonds is 5. The molecule has 1 amide bonds. The summed E-state index contributed by atoms with van der Waals surface area (Å²) in [4.78, 5) is 27.2. The van der Waals surface area contributed by atoms with Crippen LogP contribution in [0.25, 0.3) is 38.9 Å². The molecule has 0 fully saturated rings. The summed E-state index contributed by atoms with van der Waals surface area (Å²) in [5.41, 5.74) is 13.3. The molecule has 3 N–H and O–H groups in total. The van der Waals surface area contributed by atoms with E-state index >= 15 is 0 Å². The smallest absolute Gasteiger partial charge is 0.259 e. The molecular formula is C30H25N7O. The number of nitrogen functional groups attached to an aromatic ring is 1. The van der Waals surface area contributed by atoms with Gasteiger partial charge in [0.15, 0.2) is 11.5 Å². The van der Waals surface area contributed by atoms with Crippen LogP contribution < -0.4 is 11.1 Å². The van der Waals surface area contributed by atoms with E-state index in [-0.39, 0.29) is 23.3 Å². The van der Waals surface area contributed by atoms with E-state index < -0.39 is 0 Å². The van der Waals surface area contributed by atoms with Crippen LogP contribution in [0.2, 0.25) is 0 Å². The summed E-state index contributed by atoms with van der Waals surface area (Å²) in [6.45, 7) is 3.92. The number of nitrogens with two attached hydrogens (primary N) is 1. The quantitative estimate of drug-likeness (QED) is 0.329. The fourth-order valence-corrected chi connectivity index (χ4v) is 4.79. The third-order valence-electron chi connectivity index (χ3n) is 6.59. The van der Waals surface area contributed by atoms with Gasteiger partial charge in [-0.05, 0) is 43.7 Å². The van der Waals surface area contributed by atoms with E-state index in [1.165, 1.54) is 4.52 Å². The number of nitrogens with zero attached hydrogens (tertiary/aromatic N) is 5. The first-order chi connectivity index (χ1) is 18.5. The SMILES string of the molecule is Cc1cc(-c2cccc3cc(C(C)NC(=O)c4c(N)nn5cccnc45)c(-c4ccccc4)nc23)ccn1. The Labute approximate surface area is 219 Å². The van der Waals surface area contributed by atoms with Crippen LogP contribution >= 0.6 is 0 Å². The number of amides is 1. The van der Waals surface area contributed by atoms with Crippen LogP contribution in [0.1, 0.15) is 34.6 Å². The van der Waals surface area contributed by atoms with E-state index in [0.29, 0.717) is 5.65 Å². The van der Waals surface area contributed by atoms with Crippen molar-refractivity contribution in [1.82, 2.24) is 29.9 Å². The van der Waals surface area contributed by atoms with E-state index in [1.54, 1.807) is 18.5 Å². The predicted molar refractivity (Wildman–Crippen MR) is 148 cm³/mol. The van der Waals surface area contributed by atoms with Crippen molar-refractivity contribution in [1.29, 1.82) is 0 Å². The molecule has 0 aliphatic heterocycles. The molecule has 2 aromatic carbocycles. The van der Waals surface area contributed by atoms with E-state index in [4.69, 9.17) is 10.7 Å². The summed E-state index contributed by atoms with van der Waals surface area (Å²) >= 11 is 0. The Kier molecular flexibility index (Phi) is 5.76. The van der Waals surface area contributed by atoms with E-state index in [0.717, 1.165) is 44.5 Å². The average Bonchev–Trinajstić information content (AvgIpc) is 3.28. The zero-order chi connectivity index (χ0) is 26.2. The Morgan fingerprint density at radius 1 is 0.947 bits per heavy atom. The monoisotopic (exact) mass is 499 g/mol. The topological polar surface area (TPSA) is 111 Å². The minimum Gasteiger partial charge on any atom is -0.381 e. The lowest BCUT2D eigenvalue weighted by Gasteiger charge is -2.19. The molecule has 8 nitrogen and oxygen atoms in total. The number of benzene rings is 2. The third-order valence-corrected chi connectivity index (χ3v) is 6.59. The van der Waals surface area contributed by atoms with Gasteiger partial charge in [-0.3, -0.25) is 9.78 Å². The summed E-state index contributed by atoms with van der Waals surface area (Å²) in [6.07, 6.45) is 5.13. The zero-order valence-electron chi connectivity index (χ0n) is 21.0. The van der Waals surface area contributed by atoms with Gasteiger partial charge < -0.3 is 11.1 Å². The molecule has 6 rings (SSSR count). The van der Waals surface area contributed by atoms with Gasteiger partial charge in [-0.1, -0.05) is 48.5 Å². The largest absolute Gasteiger partial charge is 0.381 e. The van der Waals surface area contributed by atoms with Gasteiger partial charge in [0.05, 0.1) is 17.3 Å². The second kappa shape index (κ2) is 9.40. The number of para-hydroxylation sites is 1. The number of pyridine rings is 2. The summed E-state index contributed by atoms with van der Waals surface area (Å²) in [5.74, 6) is -0.213. The lowest BCUT2D eigenvalue weighted by Crippen LogP contribution is -2.28. The third kappa shape index (κ3) is 4.12. The molecule has 0 radical (unpaired) electrons. The van der Waals surface area contributed by atoms with Gasteiger partial charge in [-0.25, -0.2) is 14.5 Å². The van der Waals surface area contributed by atoms with Crippen molar-refractivity contribution in [2.75, 3.05) is 5.73 Å². The maximum Gasteiger partial charge on any atom is 0.259 e. The number of carbonyl (C=O) groups excluding carboxylic acids is 1. The van der Waals surface area contributed by atoms with Gasteiger partial charge in [0, 0.05) is 46.4 Å². The van der Waals surface area contributed by atoms with Gasteiger partial charge in [-0.15, -0.1) is 5.10 Å². The Balaban J connectivity index is 1.47. The number of anilines is 1. The highest BCUT2D eigenvalue weighted by Gasteiger charge is 2.23. The molecule has 0 saturated carbocycles. The summed E-state index contributed by atoms with van der Waals surface area (Å²) in [5, 5.41) is 8.30. The first-order valence-corrected chi connectivity index (χ1v) is 12.3. The normalized spacial score (nSPS) is 12.1. The van der Waals surface area contributed by atoms with E-state index in [1.807, 2.05) is 68.6 Å². The van der Waals surface area contributed by atoms with Crippen LogP contribution in [0.3, 0.4) is 0 Å². The van der Waals surface area contributed by atoms with Crippen molar-refractivity contribution in [2.24, 2.45) is 0 Å². The highest BCUT2D eigenvalue weighted by atomic mass is 16.1. The lowest BCUT2D eigenvalue weighted by atomic mass is 9.95. The molecular weight excluding hydrogens is 474 g/mol. The Morgan fingerprint density at radius 2 is 1.79 bits per heavy atom. The minimum atomic E-state index is -0.375. The van der Waals surface area contributed by atoms with Crippen molar-refractivity contribution < 1.29 is 4.79 Å². The Morgan fingerprint density at radius 3 is 2.61 bits per heavy atom. The maximum atomic E-state index is 13.4. The first-order valence-electron chi connectivity index (χ1n) is 12.3. The van der Waals surface area contributed by atoms with Crippen LogP contribution in [-0.2, 0) is 0 Å². The molecule has 4 heterocycles. The van der Waals surface area contributed by atoms with Gasteiger partial charge in [-0.2, -0.15) is 0 Å². The Hall–Kier alpha value is -5.11. The maximum absolute atomic E-state index is 13.4. The van der Waals surface area contributed by atoms with Crippen molar-refractivity contribution in [3.05, 3.63) is 108 Å². The standard InChI is InChI=1S/C30H25N7O/c1-18-16-21(12-14-32-18)23-11-6-10-22-17-24(26(35-27(22)23)20-8-4-3-5-9-20)19(2)34-30(38)25-28(31)36-37-15-7-13-33-29(25)37/h3-17,19H,1-2H3,(H2,31,36)(H,34,38). The summed E-state index contributed by atoms with van der Waals surface area (Å²) in [6, 6.07) is 23.7. The number of aryl methyl sites for hydroxylation is 1. The molecule has 0 aliphatic rings. The number of carbonyl (C=O) groups is 1. The molecule has 0 spiro atoms. The molecule has 8 heteroatoms. The number of hydrogen-bond donors (Lipinski definition) is 2. The number of fused-ring (bicyclic) bond motifs is 2. The Bertz CT molecular complexity index is 1810. The van der Waals surface area contributed by atoms with Crippen LogP contribution in [0.4, 0.5) is 5.82 Å². The van der Waals surface area contributed by atoms with Crippen molar-refractivity contribution in [3.8, 4) is 22.4 Å². The minimum absolute atomic E-state index is 0.130. The second-order valence-electron chi connectivity index (χ2n) is 9.20. The van der Waals surface area contributed by atoms with Crippen molar-refractivity contribution in [2.45, 2.75) is 19.9 Å². The van der Waals surface area contributed by atoms with Crippen LogP contribution in [0.5, 0.6) is 0 Å². The van der Waals surface area contributed by atoms with E-state index in [9.17, 15) is 4.79 Å². The summed E-state index contributed by atoms with van der Waals surface area (Å²) < 4.78 is 1.50. The molecule has 186 valence electrons. The molecule has 1 unspecified atom stereocenters. The molecule has 38 heavy (non-hydrogen) atoms. The van der Waals surface area contributed by atoms with Crippen LogP contribution in [0.15, 0.2) is 91.4 Å². The van der Waals surface area contributed by atoms with Crippen molar-refractivity contribution in [3.63, 3.8) is 0 Å². The van der Waals surface area contributed by atoms with E-state index in [2.05, 4.69) is 38.6 Å². The summed E-state index contributed by atoms with van der Waals surface area (Å²) in [7, 11) is 0. The van der Waals surface area contributed by atoms with Gasteiger partial charge in [0.25, 0.3) is 5.91 Å². The van der Waals surface area contributed by atoms with Gasteiger partial charge in [0.1, 0.15) is 5.56 Å². The lowest BCUT2D eigenvalue weighted by molar-refractivity contribution is 0.0942. The van der Waals surface area contributed by atoms with Crippen LogP contribution in [0, 0.1) is 6.92 Å².